The highest BCUT2D eigenvalue weighted by atomic mass is 16.5. The van der Waals surface area contributed by atoms with Gasteiger partial charge in [0.25, 0.3) is 0 Å². The van der Waals surface area contributed by atoms with E-state index in [1.807, 2.05) is 6.07 Å². The zero-order valence-electron chi connectivity index (χ0n) is 16.3. The molecule has 1 aromatic rings. The SMILES string of the molecule is COc1ccc(C[NH+]2CCC[C@H](C(=O)N3CCCCCC3)C2)cc1OC. The van der Waals surface area contributed by atoms with Crippen molar-refractivity contribution in [3.05, 3.63) is 23.8 Å². The van der Waals surface area contributed by atoms with E-state index in [0.717, 1.165) is 57.1 Å². The summed E-state index contributed by atoms with van der Waals surface area (Å²) in [6.45, 7) is 4.94. The van der Waals surface area contributed by atoms with Crippen LogP contribution < -0.4 is 14.4 Å². The van der Waals surface area contributed by atoms with Gasteiger partial charge in [0, 0.05) is 18.7 Å². The van der Waals surface area contributed by atoms with Crippen LogP contribution in [0.4, 0.5) is 0 Å². The number of quaternary nitrogens is 1. The van der Waals surface area contributed by atoms with Gasteiger partial charge in [0.2, 0.25) is 5.91 Å². The van der Waals surface area contributed by atoms with Crippen LogP contribution in [0.2, 0.25) is 0 Å². The lowest BCUT2D eigenvalue weighted by molar-refractivity contribution is -0.921. The van der Waals surface area contributed by atoms with Crippen LogP contribution in [0.15, 0.2) is 18.2 Å². The van der Waals surface area contributed by atoms with E-state index in [0.29, 0.717) is 5.91 Å². The van der Waals surface area contributed by atoms with Gasteiger partial charge in [-0.1, -0.05) is 12.8 Å². The number of likely N-dealkylation sites (tertiary alicyclic amines) is 2. The van der Waals surface area contributed by atoms with Crippen molar-refractivity contribution in [1.82, 2.24) is 4.90 Å². The third-order valence-corrected chi connectivity index (χ3v) is 5.79. The number of ether oxygens (including phenoxy) is 2. The van der Waals surface area contributed by atoms with E-state index in [2.05, 4.69) is 17.0 Å². The lowest BCUT2D eigenvalue weighted by Gasteiger charge is -2.32. The van der Waals surface area contributed by atoms with E-state index >= 15 is 0 Å². The van der Waals surface area contributed by atoms with Gasteiger partial charge in [-0.15, -0.1) is 0 Å². The lowest BCUT2D eigenvalue weighted by atomic mass is 9.96. The molecule has 1 aromatic carbocycles. The number of carbonyl (C=O) groups is 1. The second kappa shape index (κ2) is 9.26. The molecular formula is C21H33N2O3+. The monoisotopic (exact) mass is 361 g/mol. The molecule has 144 valence electrons. The van der Waals surface area contributed by atoms with Gasteiger partial charge in [0.1, 0.15) is 6.54 Å². The maximum atomic E-state index is 13.0. The van der Waals surface area contributed by atoms with Crippen LogP contribution in [-0.4, -0.2) is 51.2 Å². The Morgan fingerprint density at radius 1 is 1.08 bits per heavy atom. The molecule has 1 N–H and O–H groups in total. The van der Waals surface area contributed by atoms with Gasteiger partial charge in [-0.05, 0) is 43.9 Å². The van der Waals surface area contributed by atoms with Crippen LogP contribution in [0.5, 0.6) is 11.5 Å². The van der Waals surface area contributed by atoms with Crippen molar-refractivity contribution >= 4 is 5.91 Å². The van der Waals surface area contributed by atoms with Gasteiger partial charge in [-0.2, -0.15) is 0 Å². The minimum Gasteiger partial charge on any atom is -0.493 e. The van der Waals surface area contributed by atoms with Crippen molar-refractivity contribution in [2.24, 2.45) is 5.92 Å². The van der Waals surface area contributed by atoms with Crippen LogP contribution in [0.25, 0.3) is 0 Å². The van der Waals surface area contributed by atoms with E-state index in [4.69, 9.17) is 9.47 Å². The number of hydrogen-bond acceptors (Lipinski definition) is 3. The van der Waals surface area contributed by atoms with E-state index in [1.54, 1.807) is 14.2 Å². The van der Waals surface area contributed by atoms with E-state index in [-0.39, 0.29) is 5.92 Å². The first kappa shape index (κ1) is 19.0. The Bertz CT molecular complexity index is 597. The third-order valence-electron chi connectivity index (χ3n) is 5.79. The smallest absolute Gasteiger partial charge is 0.231 e. The van der Waals surface area contributed by atoms with Gasteiger partial charge in [-0.25, -0.2) is 0 Å². The summed E-state index contributed by atoms with van der Waals surface area (Å²) < 4.78 is 10.7. The van der Waals surface area contributed by atoms with Crippen molar-refractivity contribution in [3.8, 4) is 11.5 Å². The minimum absolute atomic E-state index is 0.192. The summed E-state index contributed by atoms with van der Waals surface area (Å²) in [7, 11) is 3.33. The average molecular weight is 362 g/mol. The molecule has 1 unspecified atom stereocenters. The zero-order valence-corrected chi connectivity index (χ0v) is 16.3. The third kappa shape index (κ3) is 4.70. The maximum Gasteiger partial charge on any atom is 0.231 e. The van der Waals surface area contributed by atoms with Crippen LogP contribution >= 0.6 is 0 Å². The summed E-state index contributed by atoms with van der Waals surface area (Å²) in [5, 5.41) is 0. The molecule has 2 aliphatic rings. The number of amides is 1. The molecule has 3 rings (SSSR count). The molecule has 0 aliphatic carbocycles. The number of methoxy groups -OCH3 is 2. The Hall–Kier alpha value is -1.75. The lowest BCUT2D eigenvalue weighted by Crippen LogP contribution is -3.12. The fraction of sp³-hybridized carbons (Fsp3) is 0.667. The molecule has 2 heterocycles. The number of nitrogens with zero attached hydrogens (tertiary/aromatic N) is 1. The molecule has 0 bridgehead atoms. The fourth-order valence-electron chi connectivity index (χ4n) is 4.35. The molecule has 0 spiro atoms. The molecule has 2 fully saturated rings. The summed E-state index contributed by atoms with van der Waals surface area (Å²) in [6.07, 6.45) is 7.05. The van der Waals surface area contributed by atoms with Crippen LogP contribution in [0.1, 0.15) is 44.1 Å². The Morgan fingerprint density at radius 2 is 1.81 bits per heavy atom. The number of carbonyl (C=O) groups excluding carboxylic acids is 1. The Balaban J connectivity index is 1.60. The molecule has 5 heteroatoms. The maximum absolute atomic E-state index is 13.0. The van der Waals surface area contributed by atoms with E-state index in [1.165, 1.54) is 36.1 Å². The molecule has 0 aromatic heterocycles. The second-order valence-corrected chi connectivity index (χ2v) is 7.65. The first-order valence-electron chi connectivity index (χ1n) is 10.0. The molecule has 26 heavy (non-hydrogen) atoms. The molecule has 2 aliphatic heterocycles. The van der Waals surface area contributed by atoms with Gasteiger partial charge >= 0.3 is 0 Å². The summed E-state index contributed by atoms with van der Waals surface area (Å²) in [6, 6.07) is 6.14. The van der Waals surface area contributed by atoms with Crippen LogP contribution in [0, 0.1) is 5.92 Å². The summed E-state index contributed by atoms with van der Waals surface area (Å²) in [5.74, 6) is 2.13. The van der Waals surface area contributed by atoms with Crippen LogP contribution in [0.3, 0.4) is 0 Å². The van der Waals surface area contributed by atoms with E-state index < -0.39 is 0 Å². The minimum atomic E-state index is 0.192. The number of nitrogens with one attached hydrogen (secondary N) is 1. The average Bonchev–Trinajstić information content (AvgIpc) is 2.97. The molecule has 5 nitrogen and oxygen atoms in total. The fourth-order valence-corrected chi connectivity index (χ4v) is 4.35. The largest absolute Gasteiger partial charge is 0.493 e. The van der Waals surface area contributed by atoms with Crippen molar-refractivity contribution in [1.29, 1.82) is 0 Å². The predicted octanol–water partition coefficient (Wildman–Crippen LogP) is 1.90. The zero-order chi connectivity index (χ0) is 18.4. The Labute approximate surface area is 157 Å². The molecule has 0 saturated carbocycles. The quantitative estimate of drug-likeness (QED) is 0.871. The number of piperidine rings is 1. The summed E-state index contributed by atoms with van der Waals surface area (Å²) in [5.41, 5.74) is 1.24. The van der Waals surface area contributed by atoms with Gasteiger partial charge in [0.05, 0.1) is 33.2 Å². The first-order chi connectivity index (χ1) is 12.7. The first-order valence-corrected chi connectivity index (χ1v) is 10.0. The second-order valence-electron chi connectivity index (χ2n) is 7.65. The normalized spacial score (nSPS) is 24.0. The van der Waals surface area contributed by atoms with Crippen molar-refractivity contribution in [2.75, 3.05) is 40.4 Å². The molecule has 2 saturated heterocycles. The highest BCUT2D eigenvalue weighted by Crippen LogP contribution is 2.27. The van der Waals surface area contributed by atoms with Gasteiger partial charge in [0.15, 0.2) is 11.5 Å². The molecular weight excluding hydrogens is 328 g/mol. The highest BCUT2D eigenvalue weighted by Gasteiger charge is 2.32. The Morgan fingerprint density at radius 3 is 2.50 bits per heavy atom. The van der Waals surface area contributed by atoms with Crippen molar-refractivity contribution in [3.63, 3.8) is 0 Å². The topological polar surface area (TPSA) is 43.2 Å². The van der Waals surface area contributed by atoms with Crippen molar-refractivity contribution in [2.45, 2.75) is 45.1 Å². The van der Waals surface area contributed by atoms with Crippen LogP contribution in [-0.2, 0) is 11.3 Å². The number of rotatable bonds is 5. The molecule has 1 amide bonds. The van der Waals surface area contributed by atoms with Gasteiger partial charge < -0.3 is 19.3 Å². The predicted molar refractivity (Wildman–Crippen MR) is 102 cm³/mol. The standard InChI is InChI=1S/C21H32N2O3/c1-25-19-10-9-17(14-20(19)26-2)15-22-11-7-8-18(16-22)21(24)23-12-5-3-4-6-13-23/h9-10,14,18H,3-8,11-13,15-16H2,1-2H3/p+1/t18-/m0/s1. The highest BCUT2D eigenvalue weighted by molar-refractivity contribution is 5.79. The van der Waals surface area contributed by atoms with E-state index in [9.17, 15) is 4.79 Å². The van der Waals surface area contributed by atoms with Crippen molar-refractivity contribution < 1.29 is 19.2 Å². The number of benzene rings is 1. The molecule has 2 atom stereocenters. The summed E-state index contributed by atoms with van der Waals surface area (Å²) in [4.78, 5) is 16.6. The van der Waals surface area contributed by atoms with Gasteiger partial charge in [-0.3, -0.25) is 4.79 Å². The Kier molecular flexibility index (Phi) is 6.78. The number of hydrogen-bond donors (Lipinski definition) is 1. The summed E-state index contributed by atoms with van der Waals surface area (Å²) >= 11 is 0. The molecule has 0 radical (unpaired) electrons.